The Labute approximate surface area is 129 Å². The maximum Gasteiger partial charge on any atom is 0.407 e. The third-order valence-corrected chi connectivity index (χ3v) is 4.25. The zero-order chi connectivity index (χ0) is 16.7. The van der Waals surface area contributed by atoms with Crippen LogP contribution < -0.4 is 10.6 Å². The number of carbonyl (C=O) groups is 2. The summed E-state index contributed by atoms with van der Waals surface area (Å²) in [7, 11) is -0.983. The molecule has 0 saturated carbocycles. The SMILES string of the molecule is CC(C)(C)OC(=O)NCCC(=O)NCCS(=O)C(C)(C)C. The van der Waals surface area contributed by atoms with Gasteiger partial charge in [-0.25, -0.2) is 4.79 Å². The van der Waals surface area contributed by atoms with Crippen molar-refractivity contribution >= 4 is 22.8 Å². The van der Waals surface area contributed by atoms with Crippen molar-refractivity contribution in [3.05, 3.63) is 0 Å². The Balaban J connectivity index is 3.78. The van der Waals surface area contributed by atoms with E-state index in [1.54, 1.807) is 20.8 Å². The molecule has 21 heavy (non-hydrogen) atoms. The minimum atomic E-state index is -0.983. The molecular weight excluding hydrogens is 292 g/mol. The summed E-state index contributed by atoms with van der Waals surface area (Å²) in [5.41, 5.74) is -0.552. The van der Waals surface area contributed by atoms with Gasteiger partial charge in [-0.05, 0) is 41.5 Å². The number of alkyl carbamates (subject to hydrolysis) is 1. The molecule has 0 heterocycles. The third-order valence-electron chi connectivity index (χ3n) is 2.31. The van der Waals surface area contributed by atoms with Gasteiger partial charge in [-0.3, -0.25) is 9.00 Å². The Morgan fingerprint density at radius 3 is 2.05 bits per heavy atom. The van der Waals surface area contributed by atoms with Crippen LogP contribution in [0, 0.1) is 0 Å². The summed E-state index contributed by atoms with van der Waals surface area (Å²) >= 11 is 0. The second kappa shape index (κ2) is 8.36. The Bertz CT molecular complexity index is 383. The van der Waals surface area contributed by atoms with E-state index < -0.39 is 22.5 Å². The lowest BCUT2D eigenvalue weighted by atomic mass is 10.2. The van der Waals surface area contributed by atoms with E-state index in [0.717, 1.165) is 0 Å². The van der Waals surface area contributed by atoms with Gasteiger partial charge in [0.1, 0.15) is 5.60 Å². The van der Waals surface area contributed by atoms with Crippen molar-refractivity contribution in [3.63, 3.8) is 0 Å². The second-order valence-corrected chi connectivity index (χ2v) is 9.01. The standard InChI is InChI=1S/C14H28N2O4S/c1-13(2,3)20-12(18)16-8-7-11(17)15-9-10-21(19)14(4,5)6/h7-10H2,1-6H3,(H,15,17)(H,16,18). The van der Waals surface area contributed by atoms with Crippen LogP contribution in [-0.2, 0) is 20.3 Å². The highest BCUT2D eigenvalue weighted by molar-refractivity contribution is 7.86. The highest BCUT2D eigenvalue weighted by Crippen LogP contribution is 2.10. The van der Waals surface area contributed by atoms with E-state index in [4.69, 9.17) is 4.74 Å². The predicted octanol–water partition coefficient (Wildman–Crippen LogP) is 1.56. The van der Waals surface area contributed by atoms with Crippen molar-refractivity contribution in [2.45, 2.75) is 58.3 Å². The molecule has 0 spiro atoms. The molecule has 0 aromatic rings. The Hall–Kier alpha value is -1.11. The van der Waals surface area contributed by atoms with E-state index in [1.165, 1.54) is 0 Å². The van der Waals surface area contributed by atoms with Crippen LogP contribution in [0.5, 0.6) is 0 Å². The second-order valence-electron chi connectivity index (χ2n) is 6.69. The molecule has 2 amide bonds. The van der Waals surface area contributed by atoms with E-state index in [0.29, 0.717) is 12.3 Å². The van der Waals surface area contributed by atoms with Gasteiger partial charge in [0.2, 0.25) is 5.91 Å². The monoisotopic (exact) mass is 320 g/mol. The van der Waals surface area contributed by atoms with Crippen molar-refractivity contribution in [1.29, 1.82) is 0 Å². The molecule has 0 aliphatic rings. The largest absolute Gasteiger partial charge is 0.444 e. The maximum absolute atomic E-state index is 11.8. The first-order chi connectivity index (χ1) is 9.42. The summed E-state index contributed by atoms with van der Waals surface area (Å²) in [6.07, 6.45) is -0.370. The van der Waals surface area contributed by atoms with Crippen LogP contribution in [0.1, 0.15) is 48.0 Å². The van der Waals surface area contributed by atoms with Crippen molar-refractivity contribution in [1.82, 2.24) is 10.6 Å². The number of carbonyl (C=O) groups excluding carboxylic acids is 2. The molecule has 0 aliphatic heterocycles. The van der Waals surface area contributed by atoms with Gasteiger partial charge in [0.15, 0.2) is 0 Å². The molecular formula is C14H28N2O4S. The first-order valence-electron chi connectivity index (χ1n) is 7.04. The van der Waals surface area contributed by atoms with Gasteiger partial charge in [0.25, 0.3) is 0 Å². The average molecular weight is 320 g/mol. The Morgan fingerprint density at radius 2 is 1.57 bits per heavy atom. The topological polar surface area (TPSA) is 84.5 Å². The quantitative estimate of drug-likeness (QED) is 0.778. The van der Waals surface area contributed by atoms with E-state index in [-0.39, 0.29) is 23.6 Å². The summed E-state index contributed by atoms with van der Waals surface area (Å²) in [5.74, 6) is 0.242. The van der Waals surface area contributed by atoms with Gasteiger partial charge >= 0.3 is 6.09 Å². The first kappa shape index (κ1) is 19.9. The number of hydrogen-bond donors (Lipinski definition) is 2. The third kappa shape index (κ3) is 11.2. The summed E-state index contributed by atoms with van der Waals surface area (Å²) < 4.78 is 16.5. The van der Waals surface area contributed by atoms with Crippen LogP contribution in [0.2, 0.25) is 0 Å². The fourth-order valence-corrected chi connectivity index (χ4v) is 2.17. The van der Waals surface area contributed by atoms with Crippen molar-refractivity contribution in [2.75, 3.05) is 18.8 Å². The van der Waals surface area contributed by atoms with E-state index in [9.17, 15) is 13.8 Å². The van der Waals surface area contributed by atoms with Gasteiger partial charge in [-0.2, -0.15) is 0 Å². The van der Waals surface area contributed by atoms with Gasteiger partial charge in [-0.15, -0.1) is 0 Å². The minimum Gasteiger partial charge on any atom is -0.444 e. The molecule has 6 nitrogen and oxygen atoms in total. The molecule has 0 bridgehead atoms. The van der Waals surface area contributed by atoms with Crippen LogP contribution >= 0.6 is 0 Å². The van der Waals surface area contributed by atoms with Crippen LogP contribution in [0.25, 0.3) is 0 Å². The normalized spacial score (nSPS) is 13.4. The van der Waals surface area contributed by atoms with Crippen molar-refractivity contribution in [3.8, 4) is 0 Å². The van der Waals surface area contributed by atoms with Gasteiger partial charge < -0.3 is 15.4 Å². The minimum absolute atomic E-state index is 0.168. The molecule has 0 aliphatic carbocycles. The highest BCUT2D eigenvalue weighted by Gasteiger charge is 2.19. The average Bonchev–Trinajstić information content (AvgIpc) is 2.24. The molecule has 1 atom stereocenters. The molecule has 0 aromatic carbocycles. The molecule has 0 rings (SSSR count). The molecule has 0 saturated heterocycles. The molecule has 0 radical (unpaired) electrons. The van der Waals surface area contributed by atoms with E-state index in [2.05, 4.69) is 10.6 Å². The van der Waals surface area contributed by atoms with Crippen LogP contribution in [0.4, 0.5) is 4.79 Å². The fourth-order valence-electron chi connectivity index (χ4n) is 1.27. The maximum atomic E-state index is 11.8. The smallest absolute Gasteiger partial charge is 0.407 e. The van der Waals surface area contributed by atoms with Crippen LogP contribution in [0.3, 0.4) is 0 Å². The van der Waals surface area contributed by atoms with Gasteiger partial charge in [-0.1, -0.05) is 0 Å². The molecule has 124 valence electrons. The van der Waals surface area contributed by atoms with Crippen molar-refractivity contribution < 1.29 is 18.5 Å². The van der Waals surface area contributed by atoms with Gasteiger partial charge in [0.05, 0.1) is 0 Å². The molecule has 7 heteroatoms. The number of nitrogens with one attached hydrogen (secondary N) is 2. The van der Waals surface area contributed by atoms with Crippen LogP contribution in [0.15, 0.2) is 0 Å². The zero-order valence-electron chi connectivity index (χ0n) is 13.9. The van der Waals surface area contributed by atoms with E-state index >= 15 is 0 Å². The summed E-state index contributed by atoms with van der Waals surface area (Å²) in [5, 5.41) is 5.20. The Kier molecular flexibility index (Phi) is 7.92. The van der Waals surface area contributed by atoms with E-state index in [1.807, 2.05) is 20.8 Å². The molecule has 0 fully saturated rings. The molecule has 1 unspecified atom stereocenters. The number of hydrogen-bond acceptors (Lipinski definition) is 4. The summed E-state index contributed by atoms with van der Waals surface area (Å²) in [4.78, 5) is 22.9. The lowest BCUT2D eigenvalue weighted by Crippen LogP contribution is -2.36. The van der Waals surface area contributed by atoms with Crippen molar-refractivity contribution in [2.24, 2.45) is 0 Å². The van der Waals surface area contributed by atoms with Gasteiger partial charge in [0, 0.05) is 40.8 Å². The van der Waals surface area contributed by atoms with Crippen LogP contribution in [-0.4, -0.2) is 45.4 Å². The summed E-state index contributed by atoms with van der Waals surface area (Å²) in [6, 6.07) is 0. The lowest BCUT2D eigenvalue weighted by Gasteiger charge is -2.19. The fraction of sp³-hybridized carbons (Fsp3) is 0.857. The number of amides is 2. The first-order valence-corrected chi connectivity index (χ1v) is 8.36. The Morgan fingerprint density at radius 1 is 1.00 bits per heavy atom. The highest BCUT2D eigenvalue weighted by atomic mass is 32.2. The summed E-state index contributed by atoms with van der Waals surface area (Å²) in [6.45, 7) is 11.6. The molecule has 2 N–H and O–H groups in total. The number of ether oxygens (including phenoxy) is 1. The predicted molar refractivity (Wildman–Crippen MR) is 84.6 cm³/mol. The number of rotatable bonds is 6. The zero-order valence-corrected chi connectivity index (χ0v) is 14.7. The molecule has 0 aromatic heterocycles. The lowest BCUT2D eigenvalue weighted by molar-refractivity contribution is -0.120.